The molecular weight excluding hydrogens is 354 g/mol. The number of hydrogen-bond acceptors (Lipinski definition) is 3. The Morgan fingerprint density at radius 1 is 0.857 bits per heavy atom. The number of nitrogens with zero attached hydrogens (tertiary/aromatic N) is 2. The molecule has 0 heterocycles. The molecule has 0 saturated heterocycles. The SMILES string of the molecule is CN=C(NCCNC(=O)c1ccccc1)NCc1ccc(C(=O)N(C)C)cc1. The molecule has 0 radical (unpaired) electrons. The van der Waals surface area contributed by atoms with Crippen molar-refractivity contribution in [2.24, 2.45) is 4.99 Å². The number of amides is 2. The largest absolute Gasteiger partial charge is 0.355 e. The van der Waals surface area contributed by atoms with Gasteiger partial charge in [0.1, 0.15) is 0 Å². The van der Waals surface area contributed by atoms with E-state index in [1.807, 2.05) is 42.5 Å². The standard InChI is InChI=1S/C21H27N5O2/c1-22-21(24-14-13-23-19(27)17-7-5-4-6-8-17)25-15-16-9-11-18(12-10-16)20(28)26(2)3/h4-12H,13-15H2,1-3H3,(H,23,27)(H2,22,24,25). The van der Waals surface area contributed by atoms with Gasteiger partial charge >= 0.3 is 0 Å². The summed E-state index contributed by atoms with van der Waals surface area (Å²) in [5.74, 6) is 0.523. The molecule has 3 N–H and O–H groups in total. The summed E-state index contributed by atoms with van der Waals surface area (Å²) >= 11 is 0. The fourth-order valence-corrected chi connectivity index (χ4v) is 2.48. The van der Waals surface area contributed by atoms with Crippen LogP contribution in [0.3, 0.4) is 0 Å². The third kappa shape index (κ3) is 6.42. The fourth-order valence-electron chi connectivity index (χ4n) is 2.48. The monoisotopic (exact) mass is 381 g/mol. The van der Waals surface area contributed by atoms with Gasteiger partial charge in [-0.2, -0.15) is 0 Å². The maximum absolute atomic E-state index is 12.0. The first-order valence-electron chi connectivity index (χ1n) is 9.09. The van der Waals surface area contributed by atoms with E-state index in [0.717, 1.165) is 5.56 Å². The van der Waals surface area contributed by atoms with Gasteiger partial charge in [-0.1, -0.05) is 30.3 Å². The maximum Gasteiger partial charge on any atom is 0.253 e. The molecule has 0 unspecified atom stereocenters. The van der Waals surface area contributed by atoms with Crippen LogP contribution in [-0.4, -0.2) is 56.9 Å². The van der Waals surface area contributed by atoms with Gasteiger partial charge in [-0.15, -0.1) is 0 Å². The van der Waals surface area contributed by atoms with Gasteiger partial charge in [0.05, 0.1) is 0 Å². The van der Waals surface area contributed by atoms with Crippen LogP contribution in [0, 0.1) is 0 Å². The number of carbonyl (C=O) groups excluding carboxylic acids is 2. The maximum atomic E-state index is 12.0. The molecule has 0 atom stereocenters. The van der Waals surface area contributed by atoms with E-state index < -0.39 is 0 Å². The van der Waals surface area contributed by atoms with Crippen molar-refractivity contribution in [1.29, 1.82) is 0 Å². The lowest BCUT2D eigenvalue weighted by atomic mass is 10.1. The minimum Gasteiger partial charge on any atom is -0.355 e. The highest BCUT2D eigenvalue weighted by atomic mass is 16.2. The lowest BCUT2D eigenvalue weighted by Crippen LogP contribution is -2.41. The van der Waals surface area contributed by atoms with Gasteiger partial charge in [-0.25, -0.2) is 0 Å². The lowest BCUT2D eigenvalue weighted by molar-refractivity contribution is 0.0827. The molecule has 0 aliphatic heterocycles. The summed E-state index contributed by atoms with van der Waals surface area (Å²) in [4.78, 5) is 29.6. The van der Waals surface area contributed by atoms with Crippen molar-refractivity contribution < 1.29 is 9.59 Å². The molecular formula is C21H27N5O2. The topological polar surface area (TPSA) is 85.8 Å². The first kappa shape index (κ1) is 21.0. The van der Waals surface area contributed by atoms with Crippen molar-refractivity contribution in [2.75, 3.05) is 34.2 Å². The molecule has 0 aliphatic carbocycles. The van der Waals surface area contributed by atoms with Crippen LogP contribution >= 0.6 is 0 Å². The van der Waals surface area contributed by atoms with E-state index in [4.69, 9.17) is 0 Å². The highest BCUT2D eigenvalue weighted by Crippen LogP contribution is 2.06. The van der Waals surface area contributed by atoms with Gasteiger partial charge in [0.2, 0.25) is 0 Å². The van der Waals surface area contributed by atoms with E-state index in [1.165, 1.54) is 0 Å². The highest BCUT2D eigenvalue weighted by Gasteiger charge is 2.07. The van der Waals surface area contributed by atoms with E-state index >= 15 is 0 Å². The van der Waals surface area contributed by atoms with Gasteiger partial charge in [-0.3, -0.25) is 14.6 Å². The molecule has 2 rings (SSSR count). The Morgan fingerprint density at radius 2 is 1.50 bits per heavy atom. The van der Waals surface area contributed by atoms with Gasteiger partial charge in [0.25, 0.3) is 11.8 Å². The number of guanidine groups is 1. The van der Waals surface area contributed by atoms with Crippen LogP contribution in [-0.2, 0) is 6.54 Å². The number of benzene rings is 2. The number of hydrogen-bond donors (Lipinski definition) is 3. The van der Waals surface area contributed by atoms with Crippen molar-refractivity contribution in [3.63, 3.8) is 0 Å². The second kappa shape index (κ2) is 10.7. The van der Waals surface area contributed by atoms with E-state index in [2.05, 4.69) is 20.9 Å². The number of carbonyl (C=O) groups is 2. The van der Waals surface area contributed by atoms with Gasteiger partial charge in [-0.05, 0) is 29.8 Å². The van der Waals surface area contributed by atoms with Crippen molar-refractivity contribution in [3.05, 3.63) is 71.3 Å². The Hall–Kier alpha value is -3.35. The number of nitrogens with one attached hydrogen (secondary N) is 3. The second-order valence-electron chi connectivity index (χ2n) is 6.37. The number of aliphatic imine (C=N–C) groups is 1. The van der Waals surface area contributed by atoms with Gasteiger partial charge in [0.15, 0.2) is 5.96 Å². The molecule has 0 aromatic heterocycles. The molecule has 7 heteroatoms. The van der Waals surface area contributed by atoms with Crippen molar-refractivity contribution in [2.45, 2.75) is 6.54 Å². The van der Waals surface area contributed by atoms with Crippen LogP contribution < -0.4 is 16.0 Å². The molecule has 148 valence electrons. The molecule has 7 nitrogen and oxygen atoms in total. The summed E-state index contributed by atoms with van der Waals surface area (Å²) in [6, 6.07) is 16.6. The molecule has 28 heavy (non-hydrogen) atoms. The minimum absolute atomic E-state index is 0.0189. The molecule has 0 bridgehead atoms. The first-order valence-corrected chi connectivity index (χ1v) is 9.09. The van der Waals surface area contributed by atoms with Gasteiger partial charge in [0, 0.05) is 51.9 Å². The smallest absolute Gasteiger partial charge is 0.253 e. The zero-order chi connectivity index (χ0) is 20.4. The summed E-state index contributed by atoms with van der Waals surface area (Å²) < 4.78 is 0. The Kier molecular flexibility index (Phi) is 8.02. The summed E-state index contributed by atoms with van der Waals surface area (Å²) in [5.41, 5.74) is 2.34. The average Bonchev–Trinajstić information content (AvgIpc) is 2.73. The van der Waals surface area contributed by atoms with Crippen LogP contribution in [0.25, 0.3) is 0 Å². The molecule has 0 saturated carbocycles. The normalized spacial score (nSPS) is 10.9. The Labute approximate surface area is 165 Å². The minimum atomic E-state index is -0.0993. The quantitative estimate of drug-likeness (QED) is 0.385. The molecule has 2 amide bonds. The van der Waals surface area contributed by atoms with Crippen LogP contribution in [0.15, 0.2) is 59.6 Å². The van der Waals surface area contributed by atoms with Crippen LogP contribution in [0.5, 0.6) is 0 Å². The summed E-state index contributed by atoms with van der Waals surface area (Å²) in [6.45, 7) is 1.61. The van der Waals surface area contributed by atoms with Crippen molar-refractivity contribution in [1.82, 2.24) is 20.9 Å². The highest BCUT2D eigenvalue weighted by molar-refractivity contribution is 5.94. The van der Waals surface area contributed by atoms with Crippen LogP contribution in [0.4, 0.5) is 0 Å². The summed E-state index contributed by atoms with van der Waals surface area (Å²) in [5, 5.41) is 9.22. The average molecular weight is 381 g/mol. The third-order valence-corrected chi connectivity index (χ3v) is 4.03. The van der Waals surface area contributed by atoms with Crippen LogP contribution in [0.1, 0.15) is 26.3 Å². The summed E-state index contributed by atoms with van der Waals surface area (Å²) in [7, 11) is 5.15. The molecule has 0 fully saturated rings. The molecule has 0 spiro atoms. The lowest BCUT2D eigenvalue weighted by Gasteiger charge is -2.13. The van der Waals surface area contributed by atoms with E-state index in [-0.39, 0.29) is 11.8 Å². The molecule has 2 aromatic rings. The third-order valence-electron chi connectivity index (χ3n) is 4.03. The van der Waals surface area contributed by atoms with E-state index in [9.17, 15) is 9.59 Å². The first-order chi connectivity index (χ1) is 13.5. The van der Waals surface area contributed by atoms with E-state index in [1.54, 1.807) is 38.2 Å². The molecule has 2 aromatic carbocycles. The van der Waals surface area contributed by atoms with Crippen molar-refractivity contribution in [3.8, 4) is 0 Å². The zero-order valence-electron chi connectivity index (χ0n) is 16.5. The Balaban J connectivity index is 1.73. The summed E-state index contributed by atoms with van der Waals surface area (Å²) in [6.07, 6.45) is 0. The second-order valence-corrected chi connectivity index (χ2v) is 6.37. The molecule has 0 aliphatic rings. The van der Waals surface area contributed by atoms with Gasteiger partial charge < -0.3 is 20.9 Å². The van der Waals surface area contributed by atoms with Crippen LogP contribution in [0.2, 0.25) is 0 Å². The fraction of sp³-hybridized carbons (Fsp3) is 0.286. The Morgan fingerprint density at radius 3 is 2.11 bits per heavy atom. The number of rotatable bonds is 7. The zero-order valence-corrected chi connectivity index (χ0v) is 16.5. The van der Waals surface area contributed by atoms with Crippen molar-refractivity contribution >= 4 is 17.8 Å². The predicted octanol–water partition coefficient (Wildman–Crippen LogP) is 1.48. The van der Waals surface area contributed by atoms with E-state index in [0.29, 0.717) is 36.7 Å². The predicted molar refractivity (Wildman–Crippen MR) is 111 cm³/mol. The Bertz CT molecular complexity index is 801.